The van der Waals surface area contributed by atoms with Gasteiger partial charge in [-0.15, -0.1) is 0 Å². The minimum atomic E-state index is 0.204. The van der Waals surface area contributed by atoms with E-state index in [2.05, 4.69) is 16.4 Å². The van der Waals surface area contributed by atoms with Crippen LogP contribution in [0.15, 0.2) is 12.1 Å². The molecule has 0 aromatic carbocycles. The predicted molar refractivity (Wildman–Crippen MR) is 51.0 cm³/mol. The maximum Gasteiger partial charge on any atom is 0.215 e. The Morgan fingerprint density at radius 3 is 2.93 bits per heavy atom. The summed E-state index contributed by atoms with van der Waals surface area (Å²) >= 11 is 0. The van der Waals surface area contributed by atoms with Crippen molar-refractivity contribution in [3.63, 3.8) is 0 Å². The highest BCUT2D eigenvalue weighted by Crippen LogP contribution is 2.14. The number of aromatic nitrogens is 1. The Kier molecular flexibility index (Phi) is 2.33. The summed E-state index contributed by atoms with van der Waals surface area (Å²) in [5.74, 6) is 0.549. The van der Waals surface area contributed by atoms with E-state index >= 15 is 0 Å². The molecule has 0 radical (unpaired) electrons. The summed E-state index contributed by atoms with van der Waals surface area (Å²) in [6.07, 6.45) is 0.204. The number of rotatable bonds is 2. The molecular formula is C10H11N3O. The lowest BCUT2D eigenvalue weighted by Gasteiger charge is -2.27. The summed E-state index contributed by atoms with van der Waals surface area (Å²) in [5.41, 5.74) is 1.41. The number of pyridine rings is 1. The predicted octanol–water partition coefficient (Wildman–Crippen LogP) is 0.612. The Bertz CT molecular complexity index is 379. The fourth-order valence-electron chi connectivity index (χ4n) is 1.28. The fraction of sp³-hybridized carbons (Fsp3) is 0.400. The molecule has 2 heterocycles. The van der Waals surface area contributed by atoms with Gasteiger partial charge in [0.1, 0.15) is 6.10 Å². The van der Waals surface area contributed by atoms with Crippen LogP contribution in [0.4, 0.5) is 0 Å². The normalized spacial score (nSPS) is 15.7. The van der Waals surface area contributed by atoms with Gasteiger partial charge in [0.05, 0.1) is 11.6 Å². The summed E-state index contributed by atoms with van der Waals surface area (Å²) < 4.78 is 5.55. The Balaban J connectivity index is 2.16. The molecule has 1 N–H and O–H groups in total. The molecule has 0 saturated carbocycles. The van der Waals surface area contributed by atoms with Crippen molar-refractivity contribution in [1.82, 2.24) is 10.3 Å². The number of hydrogen-bond acceptors (Lipinski definition) is 4. The van der Waals surface area contributed by atoms with Gasteiger partial charge in [0.15, 0.2) is 0 Å². The summed E-state index contributed by atoms with van der Waals surface area (Å²) in [6, 6.07) is 5.50. The van der Waals surface area contributed by atoms with E-state index in [9.17, 15) is 0 Å². The van der Waals surface area contributed by atoms with E-state index in [0.717, 1.165) is 18.8 Å². The number of nitriles is 1. The molecule has 0 bridgehead atoms. The van der Waals surface area contributed by atoms with Crippen molar-refractivity contribution in [2.24, 2.45) is 0 Å². The summed E-state index contributed by atoms with van der Waals surface area (Å²) in [4.78, 5) is 4.20. The Hall–Kier alpha value is -1.60. The molecular weight excluding hydrogens is 178 g/mol. The van der Waals surface area contributed by atoms with Gasteiger partial charge < -0.3 is 10.1 Å². The molecule has 1 saturated heterocycles. The SMILES string of the molecule is Cc1cc(C#N)cc(OC2CNC2)n1. The molecule has 14 heavy (non-hydrogen) atoms. The molecule has 0 aliphatic carbocycles. The lowest BCUT2D eigenvalue weighted by molar-refractivity contribution is 0.136. The van der Waals surface area contributed by atoms with Crippen LogP contribution in [0.2, 0.25) is 0 Å². The largest absolute Gasteiger partial charge is 0.472 e. The number of hydrogen-bond donors (Lipinski definition) is 1. The molecule has 0 unspecified atom stereocenters. The minimum absolute atomic E-state index is 0.204. The van der Waals surface area contributed by atoms with Gasteiger partial charge in [0.2, 0.25) is 5.88 Å². The summed E-state index contributed by atoms with van der Waals surface area (Å²) in [7, 11) is 0. The third kappa shape index (κ3) is 1.83. The van der Waals surface area contributed by atoms with Gasteiger partial charge in [-0.2, -0.15) is 5.26 Å². The molecule has 0 atom stereocenters. The van der Waals surface area contributed by atoms with Crippen LogP contribution in [-0.4, -0.2) is 24.2 Å². The molecule has 1 aromatic heterocycles. The van der Waals surface area contributed by atoms with Crippen LogP contribution in [0.3, 0.4) is 0 Å². The molecule has 1 aliphatic heterocycles. The van der Waals surface area contributed by atoms with Crippen molar-refractivity contribution < 1.29 is 4.74 Å². The van der Waals surface area contributed by atoms with Gasteiger partial charge in [-0.1, -0.05) is 0 Å². The average Bonchev–Trinajstić information content (AvgIpc) is 2.10. The van der Waals surface area contributed by atoms with Crippen molar-refractivity contribution in [2.45, 2.75) is 13.0 Å². The number of ether oxygens (including phenoxy) is 1. The topological polar surface area (TPSA) is 57.9 Å². The van der Waals surface area contributed by atoms with Crippen molar-refractivity contribution >= 4 is 0 Å². The molecule has 0 spiro atoms. The van der Waals surface area contributed by atoms with Crippen LogP contribution in [0.25, 0.3) is 0 Å². The van der Waals surface area contributed by atoms with E-state index in [1.165, 1.54) is 0 Å². The molecule has 4 heteroatoms. The van der Waals surface area contributed by atoms with E-state index in [4.69, 9.17) is 10.00 Å². The maximum atomic E-state index is 8.75. The smallest absolute Gasteiger partial charge is 0.215 e. The zero-order chi connectivity index (χ0) is 9.97. The van der Waals surface area contributed by atoms with E-state index < -0.39 is 0 Å². The van der Waals surface area contributed by atoms with E-state index in [1.807, 2.05) is 6.92 Å². The first-order valence-electron chi connectivity index (χ1n) is 4.54. The quantitative estimate of drug-likeness (QED) is 0.740. The first kappa shape index (κ1) is 8.97. The summed E-state index contributed by atoms with van der Waals surface area (Å²) in [5, 5.41) is 11.9. The van der Waals surface area contributed by atoms with Crippen LogP contribution in [-0.2, 0) is 0 Å². The standard InChI is InChI=1S/C10H11N3O/c1-7-2-8(4-11)3-10(13-7)14-9-5-12-6-9/h2-3,9,12H,5-6H2,1H3. The van der Waals surface area contributed by atoms with E-state index in [1.54, 1.807) is 12.1 Å². The highest BCUT2D eigenvalue weighted by atomic mass is 16.5. The Morgan fingerprint density at radius 2 is 2.36 bits per heavy atom. The zero-order valence-corrected chi connectivity index (χ0v) is 7.95. The van der Waals surface area contributed by atoms with Crippen molar-refractivity contribution in [3.8, 4) is 11.9 Å². The van der Waals surface area contributed by atoms with Crippen molar-refractivity contribution in [2.75, 3.05) is 13.1 Å². The van der Waals surface area contributed by atoms with Gasteiger partial charge in [0.25, 0.3) is 0 Å². The average molecular weight is 189 g/mol. The van der Waals surface area contributed by atoms with E-state index in [-0.39, 0.29) is 6.10 Å². The Morgan fingerprint density at radius 1 is 1.57 bits per heavy atom. The second-order valence-corrected chi connectivity index (χ2v) is 3.35. The second-order valence-electron chi connectivity index (χ2n) is 3.35. The van der Waals surface area contributed by atoms with E-state index in [0.29, 0.717) is 11.4 Å². The molecule has 4 nitrogen and oxygen atoms in total. The molecule has 1 aromatic rings. The van der Waals surface area contributed by atoms with Gasteiger partial charge >= 0.3 is 0 Å². The minimum Gasteiger partial charge on any atom is -0.472 e. The van der Waals surface area contributed by atoms with Gasteiger partial charge in [-0.3, -0.25) is 0 Å². The van der Waals surface area contributed by atoms with Crippen molar-refractivity contribution in [3.05, 3.63) is 23.4 Å². The van der Waals surface area contributed by atoms with Gasteiger partial charge in [0, 0.05) is 24.8 Å². The van der Waals surface area contributed by atoms with Crippen LogP contribution in [0.5, 0.6) is 5.88 Å². The number of aryl methyl sites for hydroxylation is 1. The summed E-state index contributed by atoms with van der Waals surface area (Å²) in [6.45, 7) is 3.57. The van der Waals surface area contributed by atoms with Gasteiger partial charge in [-0.05, 0) is 13.0 Å². The Labute approximate surface area is 82.5 Å². The third-order valence-electron chi connectivity index (χ3n) is 2.09. The maximum absolute atomic E-state index is 8.75. The molecule has 1 fully saturated rings. The first-order chi connectivity index (χ1) is 6.78. The van der Waals surface area contributed by atoms with Gasteiger partial charge in [-0.25, -0.2) is 4.98 Å². The zero-order valence-electron chi connectivity index (χ0n) is 7.95. The lowest BCUT2D eigenvalue weighted by atomic mass is 10.2. The number of nitrogens with zero attached hydrogens (tertiary/aromatic N) is 2. The highest BCUT2D eigenvalue weighted by molar-refractivity contribution is 5.34. The fourth-order valence-corrected chi connectivity index (χ4v) is 1.28. The molecule has 1 aliphatic rings. The first-order valence-corrected chi connectivity index (χ1v) is 4.54. The van der Waals surface area contributed by atoms with Crippen LogP contribution < -0.4 is 10.1 Å². The molecule has 2 rings (SSSR count). The monoisotopic (exact) mass is 189 g/mol. The van der Waals surface area contributed by atoms with Crippen LogP contribution in [0.1, 0.15) is 11.3 Å². The molecule has 0 amide bonds. The van der Waals surface area contributed by atoms with Crippen molar-refractivity contribution in [1.29, 1.82) is 5.26 Å². The lowest BCUT2D eigenvalue weighted by Crippen LogP contribution is -2.50. The highest BCUT2D eigenvalue weighted by Gasteiger charge is 2.18. The molecule has 72 valence electrons. The second kappa shape index (κ2) is 3.64. The van der Waals surface area contributed by atoms with Crippen LogP contribution >= 0.6 is 0 Å². The third-order valence-corrected chi connectivity index (χ3v) is 2.09. The van der Waals surface area contributed by atoms with Crippen LogP contribution in [0, 0.1) is 18.3 Å². The number of nitrogens with one attached hydrogen (secondary N) is 1.